The molecule has 0 unspecified atom stereocenters. The van der Waals surface area contributed by atoms with Crippen LogP contribution in [0.15, 0.2) is 115 Å². The predicted molar refractivity (Wildman–Crippen MR) is 133 cm³/mol. The average molecular weight is 453 g/mol. The van der Waals surface area contributed by atoms with Crippen molar-refractivity contribution in [3.8, 4) is 0 Å². The molecule has 5 heteroatoms. The van der Waals surface area contributed by atoms with Crippen LogP contribution in [0, 0.1) is 0 Å². The van der Waals surface area contributed by atoms with Gasteiger partial charge in [-0.15, -0.1) is 0 Å². The number of benzene rings is 3. The van der Waals surface area contributed by atoms with E-state index in [1.54, 1.807) is 6.08 Å². The SMILES string of the molecule is CC1(C)C(NC(c2ccccc2)(c2ccccc2)c2ccccc2)=CC=CC(=O)N1CC(=O)O. The fraction of sp³-hybridized carbons (Fsp3) is 0.172. The molecule has 1 heterocycles. The molecule has 4 rings (SSSR count). The zero-order chi connectivity index (χ0) is 24.2. The maximum absolute atomic E-state index is 12.8. The molecule has 0 radical (unpaired) electrons. The molecular formula is C29H28N2O3. The lowest BCUT2D eigenvalue weighted by atomic mass is 9.76. The molecule has 0 saturated heterocycles. The Bertz CT molecular complexity index is 1120. The van der Waals surface area contributed by atoms with Gasteiger partial charge in [0.2, 0.25) is 5.91 Å². The second-order valence-electron chi connectivity index (χ2n) is 8.79. The topological polar surface area (TPSA) is 69.6 Å². The summed E-state index contributed by atoms with van der Waals surface area (Å²) in [6, 6.07) is 30.4. The summed E-state index contributed by atoms with van der Waals surface area (Å²) < 4.78 is 0. The standard InChI is InChI=1S/C29H28N2O3/c1-28(2)25(19-12-20-26(32)31(28)21-27(33)34)30-29(22-13-6-3-7-14-22,23-15-8-4-9-16-23)24-17-10-5-11-18-24/h3-20,30H,21H2,1-2H3,(H,33,34). The monoisotopic (exact) mass is 452 g/mol. The van der Waals surface area contributed by atoms with Gasteiger partial charge in [-0.25, -0.2) is 0 Å². The highest BCUT2D eigenvalue weighted by Gasteiger charge is 2.43. The zero-order valence-corrected chi connectivity index (χ0v) is 19.3. The first-order valence-electron chi connectivity index (χ1n) is 11.2. The van der Waals surface area contributed by atoms with E-state index in [1.165, 1.54) is 11.0 Å². The van der Waals surface area contributed by atoms with Gasteiger partial charge in [-0.2, -0.15) is 0 Å². The first-order chi connectivity index (χ1) is 16.4. The van der Waals surface area contributed by atoms with Crippen molar-refractivity contribution in [2.75, 3.05) is 6.54 Å². The zero-order valence-electron chi connectivity index (χ0n) is 19.3. The van der Waals surface area contributed by atoms with E-state index in [-0.39, 0.29) is 5.91 Å². The van der Waals surface area contributed by atoms with E-state index in [1.807, 2.05) is 74.5 Å². The third-order valence-corrected chi connectivity index (χ3v) is 6.34. The first-order valence-corrected chi connectivity index (χ1v) is 11.2. The van der Waals surface area contributed by atoms with E-state index in [4.69, 9.17) is 0 Å². The number of allylic oxidation sites excluding steroid dienone is 2. The minimum absolute atomic E-state index is 0.342. The summed E-state index contributed by atoms with van der Waals surface area (Å²) in [5.74, 6) is -1.40. The Hall–Kier alpha value is -4.12. The van der Waals surface area contributed by atoms with Crippen molar-refractivity contribution in [2.24, 2.45) is 0 Å². The van der Waals surface area contributed by atoms with Crippen LogP contribution in [0.2, 0.25) is 0 Å². The number of carboxylic acids is 1. The Balaban J connectivity index is 1.95. The fourth-order valence-electron chi connectivity index (χ4n) is 4.53. The van der Waals surface area contributed by atoms with Crippen LogP contribution in [0.5, 0.6) is 0 Å². The second kappa shape index (κ2) is 9.40. The third-order valence-electron chi connectivity index (χ3n) is 6.34. The molecule has 0 saturated carbocycles. The van der Waals surface area contributed by atoms with Crippen LogP contribution in [-0.2, 0) is 15.1 Å². The molecule has 1 amide bonds. The van der Waals surface area contributed by atoms with Crippen molar-refractivity contribution in [1.29, 1.82) is 0 Å². The molecule has 172 valence electrons. The van der Waals surface area contributed by atoms with E-state index in [0.717, 1.165) is 22.4 Å². The summed E-state index contributed by atoms with van der Waals surface area (Å²) >= 11 is 0. The molecule has 1 aliphatic heterocycles. The second-order valence-corrected chi connectivity index (χ2v) is 8.79. The number of nitrogens with zero attached hydrogens (tertiary/aromatic N) is 1. The summed E-state index contributed by atoms with van der Waals surface area (Å²) in [5.41, 5.74) is 2.09. The molecule has 0 spiro atoms. The summed E-state index contributed by atoms with van der Waals surface area (Å²) in [7, 11) is 0. The lowest BCUT2D eigenvalue weighted by Crippen LogP contribution is -2.56. The lowest BCUT2D eigenvalue weighted by Gasteiger charge is -2.45. The van der Waals surface area contributed by atoms with E-state index in [0.29, 0.717) is 0 Å². The molecule has 3 aromatic carbocycles. The molecule has 0 aliphatic carbocycles. The van der Waals surface area contributed by atoms with E-state index >= 15 is 0 Å². The van der Waals surface area contributed by atoms with Gasteiger partial charge < -0.3 is 15.3 Å². The highest BCUT2D eigenvalue weighted by Crippen LogP contribution is 2.40. The molecule has 1 aliphatic rings. The van der Waals surface area contributed by atoms with Crippen molar-refractivity contribution < 1.29 is 14.7 Å². The third kappa shape index (κ3) is 4.25. The Kier molecular flexibility index (Phi) is 6.37. The average Bonchev–Trinajstić information content (AvgIpc) is 2.95. The Morgan fingerprint density at radius 2 is 1.29 bits per heavy atom. The highest BCUT2D eigenvalue weighted by atomic mass is 16.4. The minimum atomic E-state index is -1.06. The number of carbonyl (C=O) groups is 2. The van der Waals surface area contributed by atoms with Gasteiger partial charge in [0.25, 0.3) is 0 Å². The van der Waals surface area contributed by atoms with E-state index < -0.39 is 23.6 Å². The largest absolute Gasteiger partial charge is 0.480 e. The normalized spacial score (nSPS) is 15.4. The van der Waals surface area contributed by atoms with Gasteiger partial charge >= 0.3 is 5.97 Å². The van der Waals surface area contributed by atoms with Crippen LogP contribution in [0.25, 0.3) is 0 Å². The smallest absolute Gasteiger partial charge is 0.323 e. The minimum Gasteiger partial charge on any atom is -0.480 e. The van der Waals surface area contributed by atoms with Gasteiger partial charge in [0.05, 0.1) is 5.54 Å². The maximum Gasteiger partial charge on any atom is 0.323 e. The summed E-state index contributed by atoms with van der Waals surface area (Å²) in [6.07, 6.45) is 4.96. The van der Waals surface area contributed by atoms with Crippen molar-refractivity contribution in [1.82, 2.24) is 10.2 Å². The highest BCUT2D eigenvalue weighted by molar-refractivity contribution is 5.91. The van der Waals surface area contributed by atoms with Crippen LogP contribution in [0.3, 0.4) is 0 Å². The quantitative estimate of drug-likeness (QED) is 0.509. The van der Waals surface area contributed by atoms with Crippen LogP contribution >= 0.6 is 0 Å². The number of hydrogen-bond acceptors (Lipinski definition) is 3. The Morgan fingerprint density at radius 3 is 1.71 bits per heavy atom. The van der Waals surface area contributed by atoms with Crippen molar-refractivity contribution in [2.45, 2.75) is 24.9 Å². The Labute approximate surface area is 200 Å². The van der Waals surface area contributed by atoms with Gasteiger partial charge in [-0.1, -0.05) is 97.1 Å². The summed E-state index contributed by atoms with van der Waals surface area (Å²) in [5, 5.41) is 13.3. The first kappa shape index (κ1) is 23.1. The number of hydrogen-bond donors (Lipinski definition) is 2. The number of carboxylic acid groups (broad SMARTS) is 1. The molecule has 34 heavy (non-hydrogen) atoms. The van der Waals surface area contributed by atoms with Crippen LogP contribution in [0.1, 0.15) is 30.5 Å². The van der Waals surface area contributed by atoms with Gasteiger partial charge in [-0.3, -0.25) is 9.59 Å². The van der Waals surface area contributed by atoms with E-state index in [2.05, 4.69) is 41.7 Å². The van der Waals surface area contributed by atoms with Crippen LogP contribution < -0.4 is 5.32 Å². The van der Waals surface area contributed by atoms with E-state index in [9.17, 15) is 14.7 Å². The van der Waals surface area contributed by atoms with Gasteiger partial charge in [0.15, 0.2) is 0 Å². The lowest BCUT2D eigenvalue weighted by molar-refractivity contribution is -0.145. The van der Waals surface area contributed by atoms with Crippen molar-refractivity contribution >= 4 is 11.9 Å². The van der Waals surface area contributed by atoms with Crippen LogP contribution in [-0.4, -0.2) is 34.0 Å². The van der Waals surface area contributed by atoms with Crippen LogP contribution in [0.4, 0.5) is 0 Å². The summed E-state index contributed by atoms with van der Waals surface area (Å²) in [4.78, 5) is 25.8. The number of aliphatic carboxylic acids is 1. The van der Waals surface area contributed by atoms with Gasteiger partial charge in [0.1, 0.15) is 12.1 Å². The van der Waals surface area contributed by atoms with Crippen molar-refractivity contribution in [3.05, 3.63) is 132 Å². The fourth-order valence-corrected chi connectivity index (χ4v) is 4.53. The van der Waals surface area contributed by atoms with Gasteiger partial charge in [-0.05, 0) is 36.6 Å². The molecule has 0 atom stereocenters. The van der Waals surface area contributed by atoms with Gasteiger partial charge in [0, 0.05) is 11.8 Å². The molecule has 2 N–H and O–H groups in total. The predicted octanol–water partition coefficient (Wildman–Crippen LogP) is 4.71. The molecular weight excluding hydrogens is 424 g/mol. The number of amides is 1. The maximum atomic E-state index is 12.8. The molecule has 0 bridgehead atoms. The number of rotatable bonds is 7. The molecule has 3 aromatic rings. The van der Waals surface area contributed by atoms with Crippen molar-refractivity contribution in [3.63, 3.8) is 0 Å². The molecule has 0 aromatic heterocycles. The number of carbonyl (C=O) groups excluding carboxylic acids is 1. The molecule has 0 fully saturated rings. The summed E-state index contributed by atoms with van der Waals surface area (Å²) in [6.45, 7) is 3.33. The number of nitrogens with one attached hydrogen (secondary N) is 1. The molecule has 5 nitrogen and oxygen atoms in total. The Morgan fingerprint density at radius 1 is 0.853 bits per heavy atom.